The Morgan fingerprint density at radius 1 is 1.21 bits per heavy atom. The third kappa shape index (κ3) is 0.882. The molecule has 2 aliphatic carbocycles. The number of hydrogen-bond acceptors (Lipinski definition) is 1. The summed E-state index contributed by atoms with van der Waals surface area (Å²) in [6.07, 6.45) is 5.56. The predicted octanol–water partition coefficient (Wildman–Crippen LogP) is 2.53. The van der Waals surface area contributed by atoms with E-state index in [-0.39, 0.29) is 0 Å². The fourth-order valence-electron chi connectivity index (χ4n) is 2.53. The van der Waals surface area contributed by atoms with Crippen LogP contribution in [0.1, 0.15) is 39.7 Å². The van der Waals surface area contributed by atoms with Gasteiger partial charge in [-0.15, -0.1) is 0 Å². The first-order valence-electron chi connectivity index (χ1n) is 4.81. The van der Waals surface area contributed by atoms with Gasteiger partial charge in [0.25, 0.3) is 0 Å². The van der Waals surface area contributed by atoms with Crippen molar-refractivity contribution in [2.24, 2.45) is 0 Å². The van der Waals surface area contributed by atoms with Gasteiger partial charge in [-0.05, 0) is 29.7 Å². The lowest BCUT2D eigenvalue weighted by molar-refractivity contribution is 0.0697. The molecule has 0 aliphatic heterocycles. The van der Waals surface area contributed by atoms with Crippen LogP contribution < -0.4 is 0 Å². The van der Waals surface area contributed by atoms with E-state index in [4.69, 9.17) is 5.11 Å². The molecule has 0 aromatic heterocycles. The lowest BCUT2D eigenvalue weighted by Gasteiger charge is -2.10. The van der Waals surface area contributed by atoms with Gasteiger partial charge in [0.15, 0.2) is 0 Å². The predicted molar refractivity (Wildman–Crippen MR) is 52.6 cm³/mol. The first-order valence-corrected chi connectivity index (χ1v) is 4.81. The minimum Gasteiger partial charge on any atom is -0.478 e. The van der Waals surface area contributed by atoms with Crippen LogP contribution >= 0.6 is 0 Å². The topological polar surface area (TPSA) is 37.3 Å². The second-order valence-corrected chi connectivity index (χ2v) is 3.98. The molecule has 2 bridgehead atoms. The van der Waals surface area contributed by atoms with Gasteiger partial charge in [0.1, 0.15) is 0 Å². The first-order chi connectivity index (χ1) is 6.75. The van der Waals surface area contributed by atoms with Crippen molar-refractivity contribution in [1.29, 1.82) is 0 Å². The molecule has 0 saturated heterocycles. The SMILES string of the molecule is O=C(O)c1ccc2c(c1)[C@@H]1C=C[C@@H]2C1. The zero-order chi connectivity index (χ0) is 9.71. The third-order valence-corrected chi connectivity index (χ3v) is 3.22. The maximum absolute atomic E-state index is 10.8. The van der Waals surface area contributed by atoms with Gasteiger partial charge in [-0.2, -0.15) is 0 Å². The summed E-state index contributed by atoms with van der Waals surface area (Å²) in [6.45, 7) is 0. The van der Waals surface area contributed by atoms with Crippen molar-refractivity contribution in [2.45, 2.75) is 18.3 Å². The normalized spacial score (nSPS) is 26.6. The molecule has 0 unspecified atom stereocenters. The average Bonchev–Trinajstić information content (AvgIpc) is 2.77. The van der Waals surface area contributed by atoms with Gasteiger partial charge in [-0.1, -0.05) is 18.2 Å². The van der Waals surface area contributed by atoms with Crippen LogP contribution in [0.2, 0.25) is 0 Å². The number of rotatable bonds is 1. The van der Waals surface area contributed by atoms with E-state index in [1.165, 1.54) is 11.1 Å². The Kier molecular flexibility index (Phi) is 1.38. The number of fused-ring (bicyclic) bond motifs is 5. The molecule has 2 nitrogen and oxygen atoms in total. The summed E-state index contributed by atoms with van der Waals surface area (Å²) in [5, 5.41) is 8.87. The molecule has 70 valence electrons. The summed E-state index contributed by atoms with van der Waals surface area (Å²) < 4.78 is 0. The van der Waals surface area contributed by atoms with Crippen LogP contribution in [0.4, 0.5) is 0 Å². The van der Waals surface area contributed by atoms with Crippen LogP contribution in [0.3, 0.4) is 0 Å². The lowest BCUT2D eigenvalue weighted by Crippen LogP contribution is -2.00. The Hall–Kier alpha value is -1.57. The Morgan fingerprint density at radius 2 is 1.93 bits per heavy atom. The molecule has 2 aliphatic rings. The molecule has 14 heavy (non-hydrogen) atoms. The Balaban J connectivity index is 2.15. The van der Waals surface area contributed by atoms with E-state index in [0.717, 1.165) is 6.42 Å². The molecule has 1 aromatic rings. The molecule has 0 amide bonds. The zero-order valence-corrected chi connectivity index (χ0v) is 7.60. The molecule has 0 fully saturated rings. The van der Waals surface area contributed by atoms with Crippen molar-refractivity contribution in [2.75, 3.05) is 0 Å². The number of carboxylic acids is 1. The Morgan fingerprint density at radius 3 is 2.64 bits per heavy atom. The van der Waals surface area contributed by atoms with Gasteiger partial charge < -0.3 is 5.11 Å². The smallest absolute Gasteiger partial charge is 0.335 e. The van der Waals surface area contributed by atoms with Crippen molar-refractivity contribution in [1.82, 2.24) is 0 Å². The van der Waals surface area contributed by atoms with Gasteiger partial charge >= 0.3 is 5.97 Å². The number of carboxylic acid groups (broad SMARTS) is 1. The fraction of sp³-hybridized carbons (Fsp3) is 0.250. The molecule has 2 atom stereocenters. The molecule has 3 rings (SSSR count). The average molecular weight is 186 g/mol. The van der Waals surface area contributed by atoms with Gasteiger partial charge in [0, 0.05) is 11.8 Å². The Bertz CT molecular complexity index is 446. The second-order valence-electron chi connectivity index (χ2n) is 3.98. The highest BCUT2D eigenvalue weighted by atomic mass is 16.4. The van der Waals surface area contributed by atoms with Crippen LogP contribution in [0.5, 0.6) is 0 Å². The molecule has 1 aromatic carbocycles. The number of hydrogen-bond donors (Lipinski definition) is 1. The summed E-state index contributed by atoms with van der Waals surface area (Å²) in [7, 11) is 0. The van der Waals surface area contributed by atoms with Crippen LogP contribution in [0.15, 0.2) is 30.4 Å². The molecule has 0 radical (unpaired) electrons. The molecule has 0 saturated carbocycles. The number of allylic oxidation sites excluding steroid dienone is 2. The summed E-state index contributed by atoms with van der Waals surface area (Å²) >= 11 is 0. The quantitative estimate of drug-likeness (QED) is 0.684. The van der Waals surface area contributed by atoms with Crippen LogP contribution in [-0.2, 0) is 0 Å². The standard InChI is InChI=1S/C12H10O2/c13-12(14)9-3-4-10-7-1-2-8(5-7)11(10)6-9/h1-4,6-8H,5H2,(H,13,14)/t7-,8-/m1/s1. The van der Waals surface area contributed by atoms with Crippen LogP contribution in [-0.4, -0.2) is 11.1 Å². The van der Waals surface area contributed by atoms with Crippen molar-refractivity contribution in [3.63, 3.8) is 0 Å². The maximum atomic E-state index is 10.8. The first kappa shape index (κ1) is 7.80. The highest BCUT2D eigenvalue weighted by Crippen LogP contribution is 2.48. The number of aromatic carboxylic acids is 1. The fourth-order valence-corrected chi connectivity index (χ4v) is 2.53. The minimum absolute atomic E-state index is 0.407. The van der Waals surface area contributed by atoms with Crippen molar-refractivity contribution in [3.05, 3.63) is 47.0 Å². The van der Waals surface area contributed by atoms with E-state index in [0.29, 0.717) is 17.4 Å². The summed E-state index contributed by atoms with van der Waals surface area (Å²) in [4.78, 5) is 10.8. The van der Waals surface area contributed by atoms with Gasteiger partial charge in [-0.25, -0.2) is 4.79 Å². The van der Waals surface area contributed by atoms with Gasteiger partial charge in [0.2, 0.25) is 0 Å². The van der Waals surface area contributed by atoms with E-state index in [1.54, 1.807) is 6.07 Å². The maximum Gasteiger partial charge on any atom is 0.335 e. The van der Waals surface area contributed by atoms with Gasteiger partial charge in [0.05, 0.1) is 5.56 Å². The van der Waals surface area contributed by atoms with Crippen molar-refractivity contribution < 1.29 is 9.90 Å². The molecule has 1 N–H and O–H groups in total. The zero-order valence-electron chi connectivity index (χ0n) is 7.60. The highest BCUT2D eigenvalue weighted by Gasteiger charge is 2.32. The monoisotopic (exact) mass is 186 g/mol. The highest BCUT2D eigenvalue weighted by molar-refractivity contribution is 5.88. The van der Waals surface area contributed by atoms with E-state index in [2.05, 4.69) is 12.2 Å². The van der Waals surface area contributed by atoms with Crippen molar-refractivity contribution in [3.8, 4) is 0 Å². The van der Waals surface area contributed by atoms with Gasteiger partial charge in [-0.3, -0.25) is 0 Å². The summed E-state index contributed by atoms with van der Waals surface area (Å²) in [6, 6.07) is 5.49. The molecule has 0 spiro atoms. The summed E-state index contributed by atoms with van der Waals surface area (Å²) in [5.41, 5.74) is 2.95. The van der Waals surface area contributed by atoms with E-state index >= 15 is 0 Å². The molecular formula is C12H10O2. The second kappa shape index (κ2) is 2.47. The molecule has 0 heterocycles. The summed E-state index contributed by atoms with van der Waals surface area (Å²) in [5.74, 6) is 0.173. The Labute approximate surface area is 81.9 Å². The number of benzene rings is 1. The molecule has 2 heteroatoms. The molecular weight excluding hydrogens is 176 g/mol. The van der Waals surface area contributed by atoms with Crippen molar-refractivity contribution >= 4 is 5.97 Å². The van der Waals surface area contributed by atoms with E-state index in [9.17, 15) is 4.79 Å². The van der Waals surface area contributed by atoms with E-state index < -0.39 is 5.97 Å². The lowest BCUT2D eigenvalue weighted by atomic mass is 9.95. The largest absolute Gasteiger partial charge is 0.478 e. The third-order valence-electron chi connectivity index (χ3n) is 3.22. The minimum atomic E-state index is -0.834. The van der Waals surface area contributed by atoms with Crippen LogP contribution in [0, 0.1) is 0 Å². The van der Waals surface area contributed by atoms with E-state index in [1.807, 2.05) is 12.1 Å². The number of carbonyl (C=O) groups is 1. The van der Waals surface area contributed by atoms with Crippen LogP contribution in [0.25, 0.3) is 0 Å².